The molecule has 1 fully saturated rings. The number of benzene rings is 1. The zero-order valence-corrected chi connectivity index (χ0v) is 11.5. The summed E-state index contributed by atoms with van der Waals surface area (Å²) in [4.78, 5) is 15.5. The third kappa shape index (κ3) is 2.14. The van der Waals surface area contributed by atoms with Crippen LogP contribution in [0.15, 0.2) is 28.7 Å². The van der Waals surface area contributed by atoms with Crippen molar-refractivity contribution in [1.82, 2.24) is 4.98 Å². The summed E-state index contributed by atoms with van der Waals surface area (Å²) in [5.41, 5.74) is 1.40. The highest BCUT2D eigenvalue weighted by Crippen LogP contribution is 2.42. The second-order valence-corrected chi connectivity index (χ2v) is 5.57. The van der Waals surface area contributed by atoms with Gasteiger partial charge in [-0.05, 0) is 59.7 Å². The second kappa shape index (κ2) is 4.38. The highest BCUT2D eigenvalue weighted by Gasteiger charge is 2.33. The number of carbonyl (C=O) groups is 1. The molecule has 0 unspecified atom stereocenters. The Morgan fingerprint density at radius 1 is 1.33 bits per heavy atom. The minimum Gasteiger partial charge on any atom is -0.475 e. The van der Waals surface area contributed by atoms with E-state index in [2.05, 4.69) is 27.6 Å². The predicted octanol–water partition coefficient (Wildman–Crippen LogP) is 3.52. The molecule has 1 heterocycles. The standard InChI is InChI=1S/C13H10INO3/c14-9-5-3-8(4-6-9)12-15-10(7-1-2-7)11(18-12)13(16)17/h3-7H,1-2H2,(H,16,17). The van der Waals surface area contributed by atoms with Crippen LogP contribution >= 0.6 is 22.6 Å². The van der Waals surface area contributed by atoms with Crippen molar-refractivity contribution >= 4 is 28.6 Å². The van der Waals surface area contributed by atoms with Crippen LogP contribution in [0.25, 0.3) is 11.5 Å². The lowest BCUT2D eigenvalue weighted by molar-refractivity contribution is 0.0661. The topological polar surface area (TPSA) is 63.3 Å². The summed E-state index contributed by atoms with van der Waals surface area (Å²) < 4.78 is 6.50. The van der Waals surface area contributed by atoms with E-state index in [1.165, 1.54) is 0 Å². The lowest BCUT2D eigenvalue weighted by Gasteiger charge is -1.94. The fraction of sp³-hybridized carbons (Fsp3) is 0.231. The lowest BCUT2D eigenvalue weighted by atomic mass is 10.2. The van der Waals surface area contributed by atoms with Crippen LogP contribution in [-0.4, -0.2) is 16.1 Å². The van der Waals surface area contributed by atoms with Gasteiger partial charge in [0.15, 0.2) is 0 Å². The number of rotatable bonds is 3. The first-order chi connectivity index (χ1) is 8.65. The first-order valence-electron chi connectivity index (χ1n) is 5.65. The Kier molecular flexibility index (Phi) is 2.85. The molecule has 2 aromatic rings. The Morgan fingerprint density at radius 3 is 2.56 bits per heavy atom. The van der Waals surface area contributed by atoms with Crippen molar-refractivity contribution in [2.75, 3.05) is 0 Å². The number of nitrogens with zero attached hydrogens (tertiary/aromatic N) is 1. The highest BCUT2D eigenvalue weighted by atomic mass is 127. The summed E-state index contributed by atoms with van der Waals surface area (Å²) in [6.45, 7) is 0. The van der Waals surface area contributed by atoms with E-state index in [1.807, 2.05) is 24.3 Å². The van der Waals surface area contributed by atoms with Crippen LogP contribution in [0.4, 0.5) is 0 Å². The van der Waals surface area contributed by atoms with Crippen LogP contribution in [0.5, 0.6) is 0 Å². The Balaban J connectivity index is 2.04. The molecule has 92 valence electrons. The number of carboxylic acid groups (broad SMARTS) is 1. The molecule has 1 aliphatic rings. The van der Waals surface area contributed by atoms with E-state index in [4.69, 9.17) is 9.52 Å². The SMILES string of the molecule is O=C(O)c1oc(-c2ccc(I)cc2)nc1C1CC1. The number of oxazole rings is 1. The van der Waals surface area contributed by atoms with E-state index in [0.29, 0.717) is 11.6 Å². The maximum atomic E-state index is 11.1. The van der Waals surface area contributed by atoms with Crippen LogP contribution < -0.4 is 0 Å². The Bertz CT molecular complexity index is 599. The monoisotopic (exact) mass is 355 g/mol. The predicted molar refractivity (Wildman–Crippen MR) is 73.6 cm³/mol. The van der Waals surface area contributed by atoms with Gasteiger partial charge in [0.05, 0.1) is 5.69 Å². The van der Waals surface area contributed by atoms with Crippen LogP contribution in [-0.2, 0) is 0 Å². The number of aromatic carboxylic acids is 1. The molecule has 1 saturated carbocycles. The molecule has 1 aromatic carbocycles. The highest BCUT2D eigenvalue weighted by molar-refractivity contribution is 14.1. The molecule has 0 spiro atoms. The van der Waals surface area contributed by atoms with Gasteiger partial charge in [-0.25, -0.2) is 9.78 Å². The van der Waals surface area contributed by atoms with Crippen LogP contribution in [0.3, 0.4) is 0 Å². The van der Waals surface area contributed by atoms with Crippen molar-refractivity contribution < 1.29 is 14.3 Å². The van der Waals surface area contributed by atoms with Gasteiger partial charge in [-0.3, -0.25) is 0 Å². The van der Waals surface area contributed by atoms with Crippen molar-refractivity contribution in [3.63, 3.8) is 0 Å². The van der Waals surface area contributed by atoms with Gasteiger partial charge in [0.1, 0.15) is 0 Å². The molecular weight excluding hydrogens is 345 g/mol. The molecule has 5 heteroatoms. The third-order valence-corrected chi connectivity index (χ3v) is 3.62. The summed E-state index contributed by atoms with van der Waals surface area (Å²) in [7, 11) is 0. The number of hydrogen-bond acceptors (Lipinski definition) is 3. The fourth-order valence-corrected chi connectivity index (χ4v) is 2.19. The summed E-state index contributed by atoms with van der Waals surface area (Å²) in [6.07, 6.45) is 2.00. The zero-order chi connectivity index (χ0) is 12.7. The van der Waals surface area contributed by atoms with E-state index < -0.39 is 5.97 Å². The van der Waals surface area contributed by atoms with E-state index >= 15 is 0 Å². The molecule has 0 amide bonds. The molecule has 1 N–H and O–H groups in total. The molecule has 4 nitrogen and oxygen atoms in total. The smallest absolute Gasteiger partial charge is 0.373 e. The van der Waals surface area contributed by atoms with Gasteiger partial charge in [0.25, 0.3) is 0 Å². The normalized spacial score (nSPS) is 14.7. The van der Waals surface area contributed by atoms with Crippen molar-refractivity contribution in [1.29, 1.82) is 0 Å². The average molecular weight is 355 g/mol. The molecule has 1 aromatic heterocycles. The number of carboxylic acids is 1. The van der Waals surface area contributed by atoms with Gasteiger partial charge in [0, 0.05) is 15.1 Å². The average Bonchev–Trinajstić information content (AvgIpc) is 3.09. The number of halogens is 1. The summed E-state index contributed by atoms with van der Waals surface area (Å²) in [5, 5.41) is 9.11. The van der Waals surface area contributed by atoms with Gasteiger partial charge in [0.2, 0.25) is 11.7 Å². The first kappa shape index (κ1) is 11.7. The van der Waals surface area contributed by atoms with Crippen LogP contribution in [0.2, 0.25) is 0 Å². The Labute approximate surface area is 117 Å². The molecule has 18 heavy (non-hydrogen) atoms. The molecule has 0 radical (unpaired) electrons. The van der Waals surface area contributed by atoms with Crippen molar-refractivity contribution in [2.24, 2.45) is 0 Å². The quantitative estimate of drug-likeness (QED) is 0.856. The van der Waals surface area contributed by atoms with Crippen LogP contribution in [0, 0.1) is 3.57 Å². The van der Waals surface area contributed by atoms with E-state index in [0.717, 1.165) is 22.0 Å². The van der Waals surface area contributed by atoms with Crippen molar-refractivity contribution in [3.8, 4) is 11.5 Å². The largest absolute Gasteiger partial charge is 0.475 e. The van der Waals surface area contributed by atoms with Gasteiger partial charge >= 0.3 is 5.97 Å². The first-order valence-corrected chi connectivity index (χ1v) is 6.73. The molecule has 1 aliphatic carbocycles. The maximum absolute atomic E-state index is 11.1. The molecule has 0 aliphatic heterocycles. The fourth-order valence-electron chi connectivity index (χ4n) is 1.83. The van der Waals surface area contributed by atoms with E-state index in [-0.39, 0.29) is 11.7 Å². The minimum atomic E-state index is -1.04. The number of hydrogen-bond donors (Lipinski definition) is 1. The van der Waals surface area contributed by atoms with Crippen molar-refractivity contribution in [2.45, 2.75) is 18.8 Å². The van der Waals surface area contributed by atoms with Gasteiger partial charge in [-0.15, -0.1) is 0 Å². The molecule has 0 saturated heterocycles. The zero-order valence-electron chi connectivity index (χ0n) is 9.39. The molecule has 0 bridgehead atoms. The maximum Gasteiger partial charge on any atom is 0.373 e. The molecule has 3 rings (SSSR count). The van der Waals surface area contributed by atoms with E-state index in [1.54, 1.807) is 0 Å². The van der Waals surface area contributed by atoms with Crippen molar-refractivity contribution in [3.05, 3.63) is 39.3 Å². The van der Waals surface area contributed by atoms with Crippen LogP contribution in [0.1, 0.15) is 35.0 Å². The van der Waals surface area contributed by atoms with Gasteiger partial charge < -0.3 is 9.52 Å². The second-order valence-electron chi connectivity index (χ2n) is 4.32. The lowest BCUT2D eigenvalue weighted by Crippen LogP contribution is -1.98. The summed E-state index contributed by atoms with van der Waals surface area (Å²) in [6, 6.07) is 7.65. The molecular formula is C13H10INO3. The number of aromatic nitrogens is 1. The van der Waals surface area contributed by atoms with Gasteiger partial charge in [-0.2, -0.15) is 0 Å². The summed E-state index contributed by atoms with van der Waals surface area (Å²) >= 11 is 2.21. The molecule has 0 atom stereocenters. The Morgan fingerprint density at radius 2 is 2.00 bits per heavy atom. The Hall–Kier alpha value is -1.37. The van der Waals surface area contributed by atoms with Gasteiger partial charge in [-0.1, -0.05) is 0 Å². The third-order valence-electron chi connectivity index (χ3n) is 2.90. The minimum absolute atomic E-state index is 0.00829. The summed E-state index contributed by atoms with van der Waals surface area (Å²) in [5.74, 6) is -0.393. The van der Waals surface area contributed by atoms with E-state index in [9.17, 15) is 4.79 Å².